The second-order valence-electron chi connectivity index (χ2n) is 5.35. The average molecular weight is 306 g/mol. The molecular weight excluding hydrogens is 292 g/mol. The van der Waals surface area contributed by atoms with Gasteiger partial charge in [0, 0.05) is 6.07 Å². The highest BCUT2D eigenvalue weighted by atomic mass is 16.5. The standard InChI is InChI=1S/C19H14O4/c1-21-13-4-3-11-8-16-17(9-12(11)7-13)23-18-10-14(22-2)5-6-15(18)19(16)20/h3-10H,1-2H3. The Hall–Kier alpha value is -3.01. The van der Waals surface area contributed by atoms with Crippen LogP contribution in [0.5, 0.6) is 11.5 Å². The van der Waals surface area contributed by atoms with Crippen molar-refractivity contribution in [1.82, 2.24) is 0 Å². The zero-order valence-electron chi connectivity index (χ0n) is 12.8. The van der Waals surface area contributed by atoms with E-state index < -0.39 is 0 Å². The first-order valence-electron chi connectivity index (χ1n) is 7.22. The maximum absolute atomic E-state index is 12.7. The number of ether oxygens (including phenoxy) is 2. The molecule has 4 heteroatoms. The predicted octanol–water partition coefficient (Wildman–Crippen LogP) is 4.12. The van der Waals surface area contributed by atoms with E-state index in [2.05, 4.69) is 0 Å². The van der Waals surface area contributed by atoms with Gasteiger partial charge < -0.3 is 13.9 Å². The third kappa shape index (κ3) is 2.11. The molecule has 23 heavy (non-hydrogen) atoms. The van der Waals surface area contributed by atoms with Crippen molar-refractivity contribution >= 4 is 32.7 Å². The molecule has 4 aromatic rings. The van der Waals surface area contributed by atoms with Gasteiger partial charge in [-0.1, -0.05) is 6.07 Å². The second kappa shape index (κ2) is 5.02. The van der Waals surface area contributed by atoms with E-state index in [0.29, 0.717) is 27.7 Å². The molecule has 0 radical (unpaired) electrons. The van der Waals surface area contributed by atoms with Crippen LogP contribution in [0.15, 0.2) is 57.7 Å². The molecule has 0 bridgehead atoms. The summed E-state index contributed by atoms with van der Waals surface area (Å²) in [6, 6.07) is 14.7. The minimum atomic E-state index is -0.0402. The molecule has 0 spiro atoms. The molecule has 0 atom stereocenters. The number of hydrogen-bond acceptors (Lipinski definition) is 4. The van der Waals surface area contributed by atoms with Gasteiger partial charge in [-0.15, -0.1) is 0 Å². The fraction of sp³-hybridized carbons (Fsp3) is 0.105. The molecule has 0 unspecified atom stereocenters. The molecule has 0 fully saturated rings. The van der Waals surface area contributed by atoms with E-state index >= 15 is 0 Å². The zero-order chi connectivity index (χ0) is 16.0. The first-order valence-corrected chi connectivity index (χ1v) is 7.22. The molecule has 114 valence electrons. The van der Waals surface area contributed by atoms with E-state index in [1.807, 2.05) is 30.3 Å². The van der Waals surface area contributed by atoms with Crippen LogP contribution in [0.3, 0.4) is 0 Å². The molecule has 0 aliphatic heterocycles. The summed E-state index contributed by atoms with van der Waals surface area (Å²) in [5.74, 6) is 1.42. The summed E-state index contributed by atoms with van der Waals surface area (Å²) in [5.41, 5.74) is 1.03. The predicted molar refractivity (Wildman–Crippen MR) is 90.6 cm³/mol. The molecule has 1 heterocycles. The van der Waals surface area contributed by atoms with Gasteiger partial charge in [-0.2, -0.15) is 0 Å². The van der Waals surface area contributed by atoms with Crippen molar-refractivity contribution in [3.8, 4) is 11.5 Å². The van der Waals surface area contributed by atoms with Gasteiger partial charge in [-0.25, -0.2) is 0 Å². The highest BCUT2D eigenvalue weighted by molar-refractivity contribution is 5.99. The summed E-state index contributed by atoms with van der Waals surface area (Å²) >= 11 is 0. The normalized spacial score (nSPS) is 11.2. The van der Waals surface area contributed by atoms with Crippen LogP contribution in [0.1, 0.15) is 0 Å². The van der Waals surface area contributed by atoms with Crippen molar-refractivity contribution < 1.29 is 13.9 Å². The molecule has 3 aromatic carbocycles. The van der Waals surface area contributed by atoms with Crippen LogP contribution in [0.2, 0.25) is 0 Å². The summed E-state index contributed by atoms with van der Waals surface area (Å²) in [4.78, 5) is 12.7. The summed E-state index contributed by atoms with van der Waals surface area (Å²) in [6.07, 6.45) is 0. The average Bonchev–Trinajstić information content (AvgIpc) is 2.59. The van der Waals surface area contributed by atoms with Crippen molar-refractivity contribution in [2.75, 3.05) is 14.2 Å². The maximum Gasteiger partial charge on any atom is 0.200 e. The lowest BCUT2D eigenvalue weighted by Gasteiger charge is -2.06. The monoisotopic (exact) mass is 306 g/mol. The molecule has 0 aliphatic rings. The Balaban J connectivity index is 2.11. The van der Waals surface area contributed by atoms with Crippen LogP contribution < -0.4 is 14.9 Å². The van der Waals surface area contributed by atoms with Crippen LogP contribution in [-0.2, 0) is 0 Å². The third-order valence-corrected chi connectivity index (χ3v) is 4.04. The third-order valence-electron chi connectivity index (χ3n) is 4.04. The molecule has 1 aromatic heterocycles. The zero-order valence-corrected chi connectivity index (χ0v) is 12.8. The molecule has 0 aliphatic carbocycles. The van der Waals surface area contributed by atoms with Crippen LogP contribution in [-0.4, -0.2) is 14.2 Å². The van der Waals surface area contributed by atoms with Crippen molar-refractivity contribution in [2.45, 2.75) is 0 Å². The van der Waals surface area contributed by atoms with Gasteiger partial charge in [0.15, 0.2) is 0 Å². The molecule has 0 amide bonds. The minimum Gasteiger partial charge on any atom is -0.497 e. The van der Waals surface area contributed by atoms with Crippen molar-refractivity contribution in [3.05, 3.63) is 58.8 Å². The first-order chi connectivity index (χ1) is 11.2. The second-order valence-corrected chi connectivity index (χ2v) is 5.35. The number of benzene rings is 3. The molecule has 4 rings (SSSR count). The maximum atomic E-state index is 12.7. The smallest absolute Gasteiger partial charge is 0.200 e. The molecule has 0 saturated heterocycles. The van der Waals surface area contributed by atoms with Gasteiger partial charge in [0.1, 0.15) is 22.7 Å². The molecule has 0 N–H and O–H groups in total. The first kappa shape index (κ1) is 13.6. The number of methoxy groups -OCH3 is 2. The fourth-order valence-corrected chi connectivity index (χ4v) is 2.81. The van der Waals surface area contributed by atoms with Gasteiger partial charge in [0.05, 0.1) is 25.0 Å². The lowest BCUT2D eigenvalue weighted by molar-refractivity contribution is 0.414. The largest absolute Gasteiger partial charge is 0.497 e. The Morgan fingerprint density at radius 1 is 0.739 bits per heavy atom. The Morgan fingerprint density at radius 2 is 1.43 bits per heavy atom. The minimum absolute atomic E-state index is 0.0402. The Morgan fingerprint density at radius 3 is 2.22 bits per heavy atom. The Labute approximate surface area is 131 Å². The quantitative estimate of drug-likeness (QED) is 0.523. The highest BCUT2D eigenvalue weighted by Crippen LogP contribution is 2.28. The van der Waals surface area contributed by atoms with Gasteiger partial charge in [-0.05, 0) is 47.2 Å². The van der Waals surface area contributed by atoms with Crippen molar-refractivity contribution in [1.29, 1.82) is 0 Å². The van der Waals surface area contributed by atoms with Crippen molar-refractivity contribution in [3.63, 3.8) is 0 Å². The van der Waals surface area contributed by atoms with E-state index in [1.54, 1.807) is 32.4 Å². The number of hydrogen-bond donors (Lipinski definition) is 0. The van der Waals surface area contributed by atoms with E-state index in [-0.39, 0.29) is 5.43 Å². The number of fused-ring (bicyclic) bond motifs is 3. The Bertz CT molecular complexity index is 1100. The van der Waals surface area contributed by atoms with E-state index in [9.17, 15) is 4.79 Å². The summed E-state index contributed by atoms with van der Waals surface area (Å²) in [7, 11) is 3.21. The van der Waals surface area contributed by atoms with Crippen molar-refractivity contribution in [2.24, 2.45) is 0 Å². The number of rotatable bonds is 2. The van der Waals surface area contributed by atoms with E-state index in [4.69, 9.17) is 13.9 Å². The van der Waals surface area contributed by atoms with Gasteiger partial charge in [0.25, 0.3) is 0 Å². The van der Waals surface area contributed by atoms with Gasteiger partial charge in [-0.3, -0.25) is 4.79 Å². The van der Waals surface area contributed by atoms with E-state index in [1.165, 1.54) is 0 Å². The lowest BCUT2D eigenvalue weighted by atomic mass is 10.1. The molecule has 0 saturated carbocycles. The Kier molecular flexibility index (Phi) is 2.98. The van der Waals surface area contributed by atoms with Crippen LogP contribution in [0.4, 0.5) is 0 Å². The van der Waals surface area contributed by atoms with Gasteiger partial charge >= 0.3 is 0 Å². The fourth-order valence-electron chi connectivity index (χ4n) is 2.81. The lowest BCUT2D eigenvalue weighted by Crippen LogP contribution is -2.02. The van der Waals surface area contributed by atoms with Crippen LogP contribution in [0.25, 0.3) is 32.7 Å². The molecule has 4 nitrogen and oxygen atoms in total. The summed E-state index contributed by atoms with van der Waals surface area (Å²) < 4.78 is 16.4. The SMILES string of the molecule is COc1ccc2cc3c(=O)c4ccc(OC)cc4oc3cc2c1. The van der Waals surface area contributed by atoms with Crippen LogP contribution >= 0.6 is 0 Å². The van der Waals surface area contributed by atoms with Gasteiger partial charge in [0.2, 0.25) is 5.43 Å². The highest BCUT2D eigenvalue weighted by Gasteiger charge is 2.10. The summed E-state index contributed by atoms with van der Waals surface area (Å²) in [5, 5.41) is 3.05. The van der Waals surface area contributed by atoms with Crippen LogP contribution in [0, 0.1) is 0 Å². The van der Waals surface area contributed by atoms with E-state index in [0.717, 1.165) is 16.5 Å². The topological polar surface area (TPSA) is 48.7 Å². The molecular formula is C19H14O4. The summed E-state index contributed by atoms with van der Waals surface area (Å²) in [6.45, 7) is 0.